The van der Waals surface area contributed by atoms with Gasteiger partial charge in [0.25, 0.3) is 0 Å². The van der Waals surface area contributed by atoms with E-state index in [1.54, 1.807) is 19.6 Å². The first-order valence-corrected chi connectivity index (χ1v) is 10.5. The third kappa shape index (κ3) is 10.0. The van der Waals surface area contributed by atoms with E-state index in [0.29, 0.717) is 0 Å². The molecule has 6 heteroatoms. The number of hydrogen-bond acceptors (Lipinski definition) is 4. The molecular formula is C23H38N6. The van der Waals surface area contributed by atoms with E-state index in [1.165, 1.54) is 18.5 Å². The molecule has 2 aliphatic rings. The fraction of sp³-hybridized carbons (Fsp3) is 0.522. The van der Waals surface area contributed by atoms with E-state index in [4.69, 9.17) is 0 Å². The summed E-state index contributed by atoms with van der Waals surface area (Å²) in [6.45, 7) is 10.9. The lowest BCUT2D eigenvalue weighted by molar-refractivity contribution is 0.332. The third-order valence-corrected chi connectivity index (χ3v) is 4.38. The van der Waals surface area contributed by atoms with Gasteiger partial charge in [0.05, 0.1) is 12.5 Å². The molecule has 0 unspecified atom stereocenters. The van der Waals surface area contributed by atoms with Gasteiger partial charge in [-0.2, -0.15) is 5.10 Å². The molecule has 0 saturated carbocycles. The molecule has 29 heavy (non-hydrogen) atoms. The van der Waals surface area contributed by atoms with E-state index in [-0.39, 0.29) is 0 Å². The average Bonchev–Trinajstić information content (AvgIpc) is 2.91. The lowest BCUT2D eigenvalue weighted by Crippen LogP contribution is -2.23. The first-order chi connectivity index (χ1) is 14.1. The minimum atomic E-state index is 0.752. The number of aromatic nitrogens is 2. The Hall–Kier alpha value is -2.47. The second-order valence-electron chi connectivity index (χ2n) is 7.26. The number of aliphatic imine (C=N–C) groups is 2. The van der Waals surface area contributed by atoms with Crippen LogP contribution >= 0.6 is 0 Å². The highest BCUT2D eigenvalue weighted by Crippen LogP contribution is 2.16. The van der Waals surface area contributed by atoms with Crippen LogP contribution in [0, 0.1) is 5.92 Å². The third-order valence-electron chi connectivity index (χ3n) is 4.38. The number of amidine groups is 1. The maximum Gasteiger partial charge on any atom is 0.153 e. The molecule has 2 N–H and O–H groups in total. The number of likely N-dealkylation sites (N-methyl/N-ethyl adjacent to an activating group) is 1. The molecule has 0 radical (unpaired) electrons. The van der Waals surface area contributed by atoms with Crippen molar-refractivity contribution in [2.24, 2.45) is 15.9 Å². The first-order valence-electron chi connectivity index (χ1n) is 10.5. The van der Waals surface area contributed by atoms with Crippen LogP contribution in [0.3, 0.4) is 0 Å². The van der Waals surface area contributed by atoms with Gasteiger partial charge in [-0.05, 0) is 32.4 Å². The van der Waals surface area contributed by atoms with Crippen molar-refractivity contribution in [1.29, 1.82) is 0 Å². The molecule has 6 nitrogen and oxygen atoms in total. The van der Waals surface area contributed by atoms with E-state index in [9.17, 15) is 0 Å². The maximum absolute atomic E-state index is 4.11. The molecule has 0 aromatic carbocycles. The molecule has 1 aromatic heterocycles. The van der Waals surface area contributed by atoms with Gasteiger partial charge in [-0.25, -0.2) is 4.99 Å². The quantitative estimate of drug-likeness (QED) is 0.757. The number of nitrogens with one attached hydrogen (secondary N) is 2. The van der Waals surface area contributed by atoms with Gasteiger partial charge >= 0.3 is 0 Å². The van der Waals surface area contributed by atoms with Crippen LogP contribution < -0.4 is 5.32 Å². The van der Waals surface area contributed by atoms with Gasteiger partial charge in [-0.1, -0.05) is 63.6 Å². The average molecular weight is 399 g/mol. The summed E-state index contributed by atoms with van der Waals surface area (Å²) in [6.07, 6.45) is 17.3. The van der Waals surface area contributed by atoms with Crippen molar-refractivity contribution in [3.63, 3.8) is 0 Å². The maximum atomic E-state index is 4.11. The summed E-state index contributed by atoms with van der Waals surface area (Å²) in [5.41, 5.74) is 2.57. The van der Waals surface area contributed by atoms with Crippen LogP contribution in [0.2, 0.25) is 0 Å². The smallest absolute Gasteiger partial charge is 0.153 e. The molecule has 1 aromatic rings. The van der Waals surface area contributed by atoms with Gasteiger partial charge in [0.1, 0.15) is 5.84 Å². The van der Waals surface area contributed by atoms with Gasteiger partial charge in [0, 0.05) is 25.6 Å². The minimum Gasteiger partial charge on any atom is -0.335 e. The summed E-state index contributed by atoms with van der Waals surface area (Å²) >= 11 is 0. The molecular weight excluding hydrogens is 360 g/mol. The molecule has 2 heterocycles. The van der Waals surface area contributed by atoms with Crippen molar-refractivity contribution in [1.82, 2.24) is 20.4 Å². The first kappa shape index (κ1) is 24.6. The number of fused-ring (bicyclic) bond motifs is 1. The molecule has 0 saturated heterocycles. The summed E-state index contributed by atoms with van der Waals surface area (Å²) < 4.78 is 0. The largest absolute Gasteiger partial charge is 0.335 e. The van der Waals surface area contributed by atoms with E-state index < -0.39 is 0 Å². The van der Waals surface area contributed by atoms with Gasteiger partial charge in [-0.3, -0.25) is 10.1 Å². The van der Waals surface area contributed by atoms with Crippen molar-refractivity contribution < 1.29 is 0 Å². The van der Waals surface area contributed by atoms with Gasteiger partial charge in [0.15, 0.2) is 5.82 Å². The molecule has 0 fully saturated rings. The Kier molecular flexibility index (Phi) is 12.3. The molecule has 1 aliphatic carbocycles. The standard InChI is InChI=1S/C14H23N.C7H9N5.C2H6/c1-13(2)10-11-15(3)12-14-8-6-4-5-7-9-14;1-8-6-2-5-3-11-12-7(5)10-4-9-6;1-2/h4-8,13H,9-12H2,1-3H3;3-4H,2H2,1H3,(H2,8,9,10,11,12);1-2H3. The SMILES string of the molecule is CC.CC(C)CCN(C)CC1=CC=CC=CC1.CN=C1Cc2cn[nH]c2N=CN1. The van der Waals surface area contributed by atoms with Crippen molar-refractivity contribution in [2.75, 3.05) is 27.2 Å². The van der Waals surface area contributed by atoms with Gasteiger partial charge in [0.2, 0.25) is 0 Å². The Bertz CT molecular complexity index is 721. The predicted molar refractivity (Wildman–Crippen MR) is 126 cm³/mol. The molecule has 160 valence electrons. The zero-order valence-electron chi connectivity index (χ0n) is 18.9. The Morgan fingerprint density at radius 1 is 1.21 bits per heavy atom. The van der Waals surface area contributed by atoms with Crippen LogP contribution in [0.1, 0.15) is 46.1 Å². The molecule has 1 aliphatic heterocycles. The van der Waals surface area contributed by atoms with E-state index in [2.05, 4.69) is 81.7 Å². The normalized spacial score (nSPS) is 16.1. The number of hydrogen-bond donors (Lipinski definition) is 2. The van der Waals surface area contributed by atoms with E-state index in [0.717, 1.165) is 42.5 Å². The van der Waals surface area contributed by atoms with Crippen LogP contribution in [0.5, 0.6) is 0 Å². The van der Waals surface area contributed by atoms with Crippen molar-refractivity contribution >= 4 is 18.0 Å². The fourth-order valence-corrected chi connectivity index (χ4v) is 2.74. The lowest BCUT2D eigenvalue weighted by Gasteiger charge is -2.19. The van der Waals surface area contributed by atoms with Crippen LogP contribution in [-0.4, -0.2) is 54.5 Å². The Morgan fingerprint density at radius 3 is 2.72 bits per heavy atom. The highest BCUT2D eigenvalue weighted by molar-refractivity contribution is 5.95. The summed E-state index contributed by atoms with van der Waals surface area (Å²) in [5.74, 6) is 2.51. The predicted octanol–water partition coefficient (Wildman–Crippen LogP) is 4.68. The second-order valence-corrected chi connectivity index (χ2v) is 7.26. The Balaban J connectivity index is 0.000000272. The monoisotopic (exact) mass is 398 g/mol. The number of allylic oxidation sites excluding steroid dienone is 5. The van der Waals surface area contributed by atoms with Crippen LogP contribution in [0.15, 0.2) is 52.1 Å². The number of H-pyrrole nitrogens is 1. The molecule has 0 bridgehead atoms. The number of aromatic amines is 1. The summed E-state index contributed by atoms with van der Waals surface area (Å²) in [6, 6.07) is 0. The Morgan fingerprint density at radius 2 is 2.00 bits per heavy atom. The molecule has 0 atom stereocenters. The van der Waals surface area contributed by atoms with Crippen LogP contribution in [-0.2, 0) is 6.42 Å². The molecule has 0 spiro atoms. The van der Waals surface area contributed by atoms with Crippen LogP contribution in [0.4, 0.5) is 5.82 Å². The summed E-state index contributed by atoms with van der Waals surface area (Å²) in [5, 5.41) is 9.67. The molecule has 3 rings (SSSR count). The van der Waals surface area contributed by atoms with Gasteiger partial charge < -0.3 is 10.2 Å². The molecule has 0 amide bonds. The lowest BCUT2D eigenvalue weighted by atomic mass is 10.1. The number of rotatable bonds is 5. The highest BCUT2D eigenvalue weighted by Gasteiger charge is 2.09. The van der Waals surface area contributed by atoms with Crippen molar-refractivity contribution in [3.8, 4) is 0 Å². The number of nitrogens with zero attached hydrogens (tertiary/aromatic N) is 4. The fourth-order valence-electron chi connectivity index (χ4n) is 2.74. The second kappa shape index (κ2) is 14.5. The highest BCUT2D eigenvalue weighted by atomic mass is 15.2. The van der Waals surface area contributed by atoms with E-state index in [1.807, 2.05) is 13.8 Å². The topological polar surface area (TPSA) is 68.7 Å². The zero-order valence-corrected chi connectivity index (χ0v) is 18.9. The minimum absolute atomic E-state index is 0.752. The Labute approximate surface area is 176 Å². The zero-order chi connectivity index (χ0) is 21.5. The van der Waals surface area contributed by atoms with Crippen molar-refractivity contribution in [3.05, 3.63) is 47.7 Å². The summed E-state index contributed by atoms with van der Waals surface area (Å²) in [4.78, 5) is 10.6. The van der Waals surface area contributed by atoms with Crippen molar-refractivity contribution in [2.45, 2.75) is 47.0 Å². The van der Waals surface area contributed by atoms with E-state index >= 15 is 0 Å². The summed E-state index contributed by atoms with van der Waals surface area (Å²) in [7, 11) is 3.96. The van der Waals surface area contributed by atoms with Gasteiger partial charge in [-0.15, -0.1) is 0 Å². The van der Waals surface area contributed by atoms with Crippen LogP contribution in [0.25, 0.3) is 0 Å².